The Bertz CT molecular complexity index is 1100. The van der Waals surface area contributed by atoms with Gasteiger partial charge in [0.2, 0.25) is 0 Å². The second-order valence-electron chi connectivity index (χ2n) is 7.48. The van der Waals surface area contributed by atoms with Crippen molar-refractivity contribution >= 4 is 22.4 Å². The molecule has 0 saturated heterocycles. The summed E-state index contributed by atoms with van der Waals surface area (Å²) in [5.74, 6) is -0.167. The van der Waals surface area contributed by atoms with Crippen LogP contribution >= 0.6 is 0 Å². The van der Waals surface area contributed by atoms with Crippen molar-refractivity contribution in [2.45, 2.75) is 12.5 Å². The number of hydrogen-bond acceptors (Lipinski definition) is 4. The Labute approximate surface area is 168 Å². The number of aromatic nitrogens is 1. The van der Waals surface area contributed by atoms with Gasteiger partial charge in [-0.05, 0) is 30.2 Å². The lowest BCUT2D eigenvalue weighted by Gasteiger charge is -2.33. The normalized spacial score (nSPS) is 19.2. The van der Waals surface area contributed by atoms with Crippen molar-refractivity contribution < 1.29 is 19.4 Å². The van der Waals surface area contributed by atoms with E-state index in [0.29, 0.717) is 24.7 Å². The van der Waals surface area contributed by atoms with E-state index < -0.39 is 5.97 Å². The van der Waals surface area contributed by atoms with Crippen LogP contribution in [0.15, 0.2) is 54.7 Å². The average Bonchev–Trinajstić information content (AvgIpc) is 3.18. The number of nitrogens with one attached hydrogen (secondary N) is 1. The molecule has 148 valence electrons. The van der Waals surface area contributed by atoms with Gasteiger partial charge in [-0.3, -0.25) is 4.90 Å². The van der Waals surface area contributed by atoms with Crippen LogP contribution in [0.2, 0.25) is 0 Å². The highest BCUT2D eigenvalue weighted by Gasteiger charge is 2.28. The lowest BCUT2D eigenvalue weighted by molar-refractivity contribution is 0.0552. The molecule has 5 rings (SSSR count). The number of aromatic amines is 1. The van der Waals surface area contributed by atoms with E-state index in [9.17, 15) is 9.90 Å². The van der Waals surface area contributed by atoms with E-state index in [1.165, 1.54) is 16.5 Å². The third-order valence-electron chi connectivity index (χ3n) is 5.61. The first-order valence-corrected chi connectivity index (χ1v) is 9.82. The van der Waals surface area contributed by atoms with Gasteiger partial charge in [-0.2, -0.15) is 0 Å². The Balaban J connectivity index is 1.27. The lowest BCUT2D eigenvalue weighted by Crippen LogP contribution is -2.42. The zero-order valence-corrected chi connectivity index (χ0v) is 15.9. The molecule has 2 aliphatic rings. The minimum Gasteiger partial charge on any atom is -0.486 e. The van der Waals surface area contributed by atoms with Crippen LogP contribution in [0.3, 0.4) is 0 Å². The van der Waals surface area contributed by atoms with Gasteiger partial charge in [0.05, 0.1) is 0 Å². The number of benzene rings is 2. The van der Waals surface area contributed by atoms with Crippen molar-refractivity contribution in [2.24, 2.45) is 0 Å². The van der Waals surface area contributed by atoms with Crippen LogP contribution in [0.5, 0.6) is 11.5 Å². The van der Waals surface area contributed by atoms with Gasteiger partial charge >= 0.3 is 5.97 Å². The number of para-hydroxylation sites is 2. The number of carboxylic acids is 1. The quantitative estimate of drug-likeness (QED) is 0.709. The SMILES string of the molecule is O=C(O)c1cccc2c1OC(CN1CC=C(c3c[nH]c4ccccc34)CC1)CO2. The second-order valence-corrected chi connectivity index (χ2v) is 7.48. The van der Waals surface area contributed by atoms with E-state index >= 15 is 0 Å². The van der Waals surface area contributed by atoms with Crippen LogP contribution in [0.1, 0.15) is 22.3 Å². The summed E-state index contributed by atoms with van der Waals surface area (Å²) in [6.45, 7) is 2.89. The number of carboxylic acid groups (broad SMARTS) is 1. The molecule has 6 nitrogen and oxygen atoms in total. The summed E-state index contributed by atoms with van der Waals surface area (Å²) in [4.78, 5) is 17.1. The van der Waals surface area contributed by atoms with Gasteiger partial charge in [0.1, 0.15) is 18.3 Å². The topological polar surface area (TPSA) is 74.8 Å². The predicted molar refractivity (Wildman–Crippen MR) is 111 cm³/mol. The number of ether oxygens (including phenoxy) is 2. The van der Waals surface area contributed by atoms with Gasteiger partial charge in [0, 0.05) is 42.3 Å². The summed E-state index contributed by atoms with van der Waals surface area (Å²) in [6.07, 6.45) is 5.14. The zero-order valence-electron chi connectivity index (χ0n) is 15.9. The van der Waals surface area contributed by atoms with Crippen LogP contribution in [-0.2, 0) is 0 Å². The first kappa shape index (κ1) is 17.8. The molecule has 0 spiro atoms. The standard InChI is InChI=1S/C23H22N2O4/c26-23(27)18-5-3-7-21-22(18)29-16(14-28-21)13-25-10-8-15(9-11-25)19-12-24-20-6-2-1-4-17(19)20/h1-8,12,16,24H,9-11,13-14H2,(H,26,27). The van der Waals surface area contributed by atoms with Crippen LogP contribution in [0.25, 0.3) is 16.5 Å². The summed E-state index contributed by atoms with van der Waals surface area (Å²) >= 11 is 0. The number of carbonyl (C=O) groups is 1. The molecule has 1 atom stereocenters. The maximum absolute atomic E-state index is 11.5. The molecule has 1 unspecified atom stereocenters. The molecule has 0 aliphatic carbocycles. The molecule has 29 heavy (non-hydrogen) atoms. The second kappa shape index (κ2) is 7.29. The van der Waals surface area contributed by atoms with Crippen molar-refractivity contribution in [2.75, 3.05) is 26.2 Å². The largest absolute Gasteiger partial charge is 0.486 e. The van der Waals surface area contributed by atoms with Crippen molar-refractivity contribution in [1.29, 1.82) is 0 Å². The summed E-state index contributed by atoms with van der Waals surface area (Å²) in [5, 5.41) is 10.6. The molecule has 0 amide bonds. The van der Waals surface area contributed by atoms with Gasteiger partial charge in [0.15, 0.2) is 11.5 Å². The first-order valence-electron chi connectivity index (χ1n) is 9.82. The highest BCUT2D eigenvalue weighted by molar-refractivity contribution is 5.93. The Morgan fingerprint density at radius 2 is 2.10 bits per heavy atom. The van der Waals surface area contributed by atoms with E-state index in [-0.39, 0.29) is 11.7 Å². The van der Waals surface area contributed by atoms with E-state index in [1.54, 1.807) is 18.2 Å². The van der Waals surface area contributed by atoms with Gasteiger partial charge in [0.25, 0.3) is 0 Å². The number of H-pyrrole nitrogens is 1. The maximum Gasteiger partial charge on any atom is 0.339 e. The van der Waals surface area contributed by atoms with Gasteiger partial charge in [-0.15, -0.1) is 0 Å². The lowest BCUT2D eigenvalue weighted by atomic mass is 9.99. The fourth-order valence-electron chi connectivity index (χ4n) is 4.14. The minimum absolute atomic E-state index is 0.146. The average molecular weight is 390 g/mol. The number of nitrogens with zero attached hydrogens (tertiary/aromatic N) is 1. The zero-order chi connectivity index (χ0) is 19.8. The highest BCUT2D eigenvalue weighted by atomic mass is 16.6. The molecule has 0 bridgehead atoms. The molecule has 0 saturated carbocycles. The summed E-state index contributed by atoms with van der Waals surface area (Å²) < 4.78 is 11.8. The third kappa shape index (κ3) is 3.36. The van der Waals surface area contributed by atoms with Crippen molar-refractivity contribution in [3.63, 3.8) is 0 Å². The summed E-state index contributed by atoms with van der Waals surface area (Å²) in [7, 11) is 0. The molecule has 1 aromatic heterocycles. The Morgan fingerprint density at radius 3 is 2.93 bits per heavy atom. The highest BCUT2D eigenvalue weighted by Crippen LogP contribution is 2.36. The monoisotopic (exact) mass is 390 g/mol. The van der Waals surface area contributed by atoms with E-state index in [1.807, 2.05) is 6.07 Å². The van der Waals surface area contributed by atoms with Crippen LogP contribution in [0, 0.1) is 0 Å². The van der Waals surface area contributed by atoms with Crippen LogP contribution < -0.4 is 9.47 Å². The predicted octanol–water partition coefficient (Wildman–Crippen LogP) is 3.80. The maximum atomic E-state index is 11.5. The van der Waals surface area contributed by atoms with Crippen LogP contribution in [-0.4, -0.2) is 53.3 Å². The van der Waals surface area contributed by atoms with E-state index in [2.05, 4.69) is 40.4 Å². The molecule has 2 aliphatic heterocycles. The van der Waals surface area contributed by atoms with Gasteiger partial charge in [-0.1, -0.05) is 30.3 Å². The molecule has 6 heteroatoms. The first-order chi connectivity index (χ1) is 14.2. The fraction of sp³-hybridized carbons (Fsp3) is 0.261. The van der Waals surface area contributed by atoms with Crippen molar-refractivity contribution in [1.82, 2.24) is 9.88 Å². The minimum atomic E-state index is -1.00. The number of aromatic carboxylic acids is 1. The fourth-order valence-corrected chi connectivity index (χ4v) is 4.14. The molecule has 0 fully saturated rings. The molecule has 3 heterocycles. The molecule has 2 aromatic carbocycles. The smallest absolute Gasteiger partial charge is 0.339 e. The van der Waals surface area contributed by atoms with Crippen LogP contribution in [0.4, 0.5) is 0 Å². The van der Waals surface area contributed by atoms with Crippen molar-refractivity contribution in [3.05, 3.63) is 65.9 Å². The Kier molecular flexibility index (Phi) is 4.48. The van der Waals surface area contributed by atoms with E-state index in [4.69, 9.17) is 9.47 Å². The molecule has 0 radical (unpaired) electrons. The summed E-state index contributed by atoms with van der Waals surface area (Å²) in [5.41, 5.74) is 3.94. The Hall–Kier alpha value is -3.25. The number of hydrogen-bond donors (Lipinski definition) is 2. The molecule has 3 aromatic rings. The molecule has 2 N–H and O–H groups in total. The van der Waals surface area contributed by atoms with Gasteiger partial charge in [-0.25, -0.2) is 4.79 Å². The van der Waals surface area contributed by atoms with E-state index in [0.717, 1.165) is 25.0 Å². The van der Waals surface area contributed by atoms with Gasteiger partial charge < -0.3 is 19.6 Å². The number of fused-ring (bicyclic) bond motifs is 2. The molecular weight excluding hydrogens is 368 g/mol. The number of rotatable bonds is 4. The molecular formula is C23H22N2O4. The third-order valence-corrected chi connectivity index (χ3v) is 5.61. The summed E-state index contributed by atoms with van der Waals surface area (Å²) in [6, 6.07) is 13.3. The Morgan fingerprint density at radius 1 is 1.21 bits per heavy atom. The van der Waals surface area contributed by atoms with Crippen molar-refractivity contribution in [3.8, 4) is 11.5 Å².